The van der Waals surface area contributed by atoms with Crippen LogP contribution in [0.5, 0.6) is 0 Å². The first-order valence-electron chi connectivity index (χ1n) is 11.3. The second-order valence-corrected chi connectivity index (χ2v) is 8.49. The summed E-state index contributed by atoms with van der Waals surface area (Å²) in [6, 6.07) is 11.0. The van der Waals surface area contributed by atoms with Crippen molar-refractivity contribution in [1.29, 1.82) is 0 Å². The van der Waals surface area contributed by atoms with E-state index in [1.54, 1.807) is 30.3 Å². The van der Waals surface area contributed by atoms with E-state index < -0.39 is 11.6 Å². The minimum atomic E-state index is -0.843. The molecule has 6 nitrogen and oxygen atoms in total. The quantitative estimate of drug-likeness (QED) is 0.452. The molecule has 0 aliphatic carbocycles. The number of halogens is 2. The average Bonchev–Trinajstić information content (AvgIpc) is 3.07. The number of unbranched alkanes of at least 4 members (excludes halogenated alkanes) is 2. The first-order chi connectivity index (χ1) is 16.0. The minimum Gasteiger partial charge on any atom is -0.340 e. The van der Waals surface area contributed by atoms with Crippen LogP contribution in [0.1, 0.15) is 52.0 Å². The summed E-state index contributed by atoms with van der Waals surface area (Å²) in [5, 5.41) is 0. The number of imide groups is 1. The normalized spacial score (nSPS) is 16.4. The number of nitrogens with zero attached hydrogens (tertiary/aromatic N) is 3. The molecule has 0 unspecified atom stereocenters. The van der Waals surface area contributed by atoms with Crippen LogP contribution in [-0.4, -0.2) is 65.1 Å². The van der Waals surface area contributed by atoms with E-state index in [1.165, 1.54) is 11.0 Å². The minimum absolute atomic E-state index is 0.0762. The van der Waals surface area contributed by atoms with Gasteiger partial charge in [-0.3, -0.25) is 24.2 Å². The van der Waals surface area contributed by atoms with Crippen LogP contribution in [0, 0.1) is 11.6 Å². The Bertz CT molecular complexity index is 1020. The standard InChI is InChI=1S/C25H27F2N3O3/c26-21-10-6-7-18(23(21)27)17-28-13-15-29(16-14-28)22(31)11-2-1-5-12-30-24(32)19-8-3-4-9-20(19)25(30)33/h3-4,6-10H,1-2,5,11-17H2. The maximum Gasteiger partial charge on any atom is 0.261 e. The zero-order valence-corrected chi connectivity index (χ0v) is 18.4. The first-order valence-corrected chi connectivity index (χ1v) is 11.3. The Morgan fingerprint density at radius 1 is 0.818 bits per heavy atom. The Balaban J connectivity index is 1.14. The maximum absolute atomic E-state index is 13.9. The monoisotopic (exact) mass is 455 g/mol. The van der Waals surface area contributed by atoms with E-state index >= 15 is 0 Å². The zero-order chi connectivity index (χ0) is 23.4. The van der Waals surface area contributed by atoms with Crippen LogP contribution in [0.25, 0.3) is 0 Å². The van der Waals surface area contributed by atoms with Crippen molar-refractivity contribution in [1.82, 2.24) is 14.7 Å². The van der Waals surface area contributed by atoms with Crippen LogP contribution < -0.4 is 0 Å². The molecule has 0 atom stereocenters. The van der Waals surface area contributed by atoms with Gasteiger partial charge in [0.15, 0.2) is 11.6 Å². The first kappa shape index (κ1) is 23.0. The highest BCUT2D eigenvalue weighted by Gasteiger charge is 2.34. The molecule has 0 radical (unpaired) electrons. The van der Waals surface area contributed by atoms with Gasteiger partial charge >= 0.3 is 0 Å². The molecule has 1 fully saturated rings. The number of amides is 3. The summed E-state index contributed by atoms with van der Waals surface area (Å²) in [6.07, 6.45) is 2.51. The molecule has 8 heteroatoms. The number of fused-ring (bicyclic) bond motifs is 1. The van der Waals surface area contributed by atoms with E-state index in [1.807, 2.05) is 9.80 Å². The van der Waals surface area contributed by atoms with Gasteiger partial charge in [-0.1, -0.05) is 30.7 Å². The average molecular weight is 456 g/mol. The molecule has 4 rings (SSSR count). The predicted octanol–water partition coefficient (Wildman–Crippen LogP) is 3.47. The van der Waals surface area contributed by atoms with Gasteiger partial charge in [-0.15, -0.1) is 0 Å². The maximum atomic E-state index is 13.9. The van der Waals surface area contributed by atoms with E-state index in [0.717, 1.165) is 12.5 Å². The van der Waals surface area contributed by atoms with Gasteiger partial charge in [-0.05, 0) is 31.0 Å². The highest BCUT2D eigenvalue weighted by Crippen LogP contribution is 2.23. The van der Waals surface area contributed by atoms with Gasteiger partial charge in [-0.2, -0.15) is 0 Å². The third kappa shape index (κ3) is 5.11. The van der Waals surface area contributed by atoms with E-state index in [0.29, 0.717) is 75.2 Å². The second-order valence-electron chi connectivity index (χ2n) is 8.49. The van der Waals surface area contributed by atoms with Crippen LogP contribution in [0.15, 0.2) is 42.5 Å². The summed E-state index contributed by atoms with van der Waals surface area (Å²) >= 11 is 0. The molecule has 174 valence electrons. The number of benzene rings is 2. The second kappa shape index (κ2) is 10.2. The molecule has 0 N–H and O–H groups in total. The highest BCUT2D eigenvalue weighted by molar-refractivity contribution is 6.21. The topological polar surface area (TPSA) is 60.9 Å². The van der Waals surface area contributed by atoms with Crippen LogP contribution in [-0.2, 0) is 11.3 Å². The van der Waals surface area contributed by atoms with Crippen LogP contribution in [0.3, 0.4) is 0 Å². The molecule has 3 amide bonds. The summed E-state index contributed by atoms with van der Waals surface area (Å²) in [4.78, 5) is 42.4. The Morgan fingerprint density at radius 2 is 1.48 bits per heavy atom. The van der Waals surface area contributed by atoms with Gasteiger partial charge in [0.05, 0.1) is 11.1 Å². The SMILES string of the molecule is O=C(CCCCCN1C(=O)c2ccccc2C1=O)N1CCN(Cc2cccc(F)c2F)CC1. The number of carbonyl (C=O) groups is 3. The van der Waals surface area contributed by atoms with E-state index in [-0.39, 0.29) is 17.7 Å². The number of carbonyl (C=O) groups excluding carboxylic acids is 3. The lowest BCUT2D eigenvalue weighted by molar-refractivity contribution is -0.133. The van der Waals surface area contributed by atoms with Gasteiger partial charge < -0.3 is 4.90 Å². The lowest BCUT2D eigenvalue weighted by Gasteiger charge is -2.35. The Morgan fingerprint density at radius 3 is 2.15 bits per heavy atom. The van der Waals surface area contributed by atoms with E-state index in [4.69, 9.17) is 0 Å². The van der Waals surface area contributed by atoms with Crippen molar-refractivity contribution in [3.05, 3.63) is 70.8 Å². The third-order valence-electron chi connectivity index (χ3n) is 6.30. The van der Waals surface area contributed by atoms with Crippen molar-refractivity contribution in [2.75, 3.05) is 32.7 Å². The van der Waals surface area contributed by atoms with Crippen LogP contribution >= 0.6 is 0 Å². The fourth-order valence-corrected chi connectivity index (χ4v) is 4.39. The summed E-state index contributed by atoms with van der Waals surface area (Å²) in [6.45, 7) is 3.03. The molecule has 1 saturated heterocycles. The largest absolute Gasteiger partial charge is 0.340 e. The van der Waals surface area contributed by atoms with Crippen LogP contribution in [0.2, 0.25) is 0 Å². The van der Waals surface area contributed by atoms with Gasteiger partial charge in [0.1, 0.15) is 0 Å². The molecule has 0 spiro atoms. The van der Waals surface area contributed by atoms with Gasteiger partial charge in [0.2, 0.25) is 5.91 Å². The lowest BCUT2D eigenvalue weighted by atomic mass is 10.1. The molecule has 33 heavy (non-hydrogen) atoms. The van der Waals surface area contributed by atoms with Gasteiger partial charge in [0.25, 0.3) is 11.8 Å². The molecule has 2 aliphatic rings. The molecule has 2 aromatic carbocycles. The van der Waals surface area contributed by atoms with Crippen molar-refractivity contribution in [2.45, 2.75) is 32.2 Å². The number of hydrogen-bond donors (Lipinski definition) is 0. The lowest BCUT2D eigenvalue weighted by Crippen LogP contribution is -2.48. The molecule has 2 heterocycles. The summed E-state index contributed by atoms with van der Waals surface area (Å²) < 4.78 is 27.2. The summed E-state index contributed by atoms with van der Waals surface area (Å²) in [5.41, 5.74) is 1.24. The highest BCUT2D eigenvalue weighted by atomic mass is 19.2. The third-order valence-corrected chi connectivity index (χ3v) is 6.30. The van der Waals surface area contributed by atoms with E-state index in [9.17, 15) is 23.2 Å². The molecule has 0 saturated carbocycles. The molecule has 0 aromatic heterocycles. The number of rotatable bonds is 8. The van der Waals surface area contributed by atoms with Crippen molar-refractivity contribution >= 4 is 17.7 Å². The fourth-order valence-electron chi connectivity index (χ4n) is 4.39. The van der Waals surface area contributed by atoms with Crippen molar-refractivity contribution in [2.24, 2.45) is 0 Å². The Labute approximate surface area is 191 Å². The molecule has 2 aliphatic heterocycles. The molecule has 0 bridgehead atoms. The predicted molar refractivity (Wildman–Crippen MR) is 118 cm³/mol. The Hall–Kier alpha value is -3.13. The van der Waals surface area contributed by atoms with Gasteiger partial charge in [-0.25, -0.2) is 8.78 Å². The van der Waals surface area contributed by atoms with E-state index in [2.05, 4.69) is 0 Å². The summed E-state index contributed by atoms with van der Waals surface area (Å²) in [5.74, 6) is -2.07. The molecular formula is C25H27F2N3O3. The zero-order valence-electron chi connectivity index (χ0n) is 18.4. The Kier molecular flexibility index (Phi) is 7.13. The summed E-state index contributed by atoms with van der Waals surface area (Å²) in [7, 11) is 0. The van der Waals surface area contributed by atoms with Crippen molar-refractivity contribution in [3.8, 4) is 0 Å². The van der Waals surface area contributed by atoms with Crippen molar-refractivity contribution < 1.29 is 23.2 Å². The van der Waals surface area contributed by atoms with Gasteiger partial charge in [0, 0.05) is 51.3 Å². The molecule has 2 aromatic rings. The smallest absolute Gasteiger partial charge is 0.261 e. The number of piperazine rings is 1. The number of hydrogen-bond acceptors (Lipinski definition) is 4. The van der Waals surface area contributed by atoms with Crippen LogP contribution in [0.4, 0.5) is 8.78 Å². The van der Waals surface area contributed by atoms with Crippen molar-refractivity contribution in [3.63, 3.8) is 0 Å². The molecular weight excluding hydrogens is 428 g/mol. The fraction of sp³-hybridized carbons (Fsp3) is 0.400.